The van der Waals surface area contributed by atoms with Crippen molar-refractivity contribution in [1.82, 2.24) is 4.72 Å². The van der Waals surface area contributed by atoms with Gasteiger partial charge in [0.25, 0.3) is 0 Å². The van der Waals surface area contributed by atoms with Gasteiger partial charge in [-0.3, -0.25) is 0 Å². The van der Waals surface area contributed by atoms with E-state index in [4.69, 9.17) is 0 Å². The van der Waals surface area contributed by atoms with Gasteiger partial charge in [-0.05, 0) is 43.7 Å². The molecule has 1 aromatic carbocycles. The number of halogens is 3. The Labute approximate surface area is 150 Å². The Bertz CT molecular complexity index is 791. The lowest BCUT2D eigenvalue weighted by molar-refractivity contribution is -0.0521. The summed E-state index contributed by atoms with van der Waals surface area (Å²) < 4.78 is 68.6. The van der Waals surface area contributed by atoms with Gasteiger partial charge < -0.3 is 9.64 Å². The van der Waals surface area contributed by atoms with Crippen LogP contribution in [-0.4, -0.2) is 33.4 Å². The minimum Gasteiger partial charge on any atom is -0.432 e. The number of anilines is 1. The number of alkyl halides is 2. The van der Waals surface area contributed by atoms with Crippen LogP contribution < -0.4 is 14.4 Å². The van der Waals surface area contributed by atoms with E-state index in [0.29, 0.717) is 30.5 Å². The van der Waals surface area contributed by atoms with E-state index in [9.17, 15) is 21.6 Å². The number of nitrogens with one attached hydrogen (secondary N) is 1. The van der Waals surface area contributed by atoms with Gasteiger partial charge in [0.15, 0.2) is 11.6 Å². The average Bonchev–Trinajstić information content (AvgIpc) is 2.54. The van der Waals surface area contributed by atoms with E-state index in [-0.39, 0.29) is 12.1 Å². The van der Waals surface area contributed by atoms with Crippen molar-refractivity contribution in [2.75, 3.05) is 11.2 Å². The molecule has 26 heavy (non-hydrogen) atoms. The fraction of sp³-hybridized carbons (Fsp3) is 0.529. The Morgan fingerprint density at radius 1 is 1.23 bits per heavy atom. The summed E-state index contributed by atoms with van der Waals surface area (Å²) in [5, 5.41) is 0. The quantitative estimate of drug-likeness (QED) is 0.839. The van der Waals surface area contributed by atoms with Gasteiger partial charge >= 0.3 is 6.61 Å². The first-order valence-electron chi connectivity index (χ1n) is 8.42. The maximum atomic E-state index is 13.9. The Hall–Kier alpha value is -1.74. The third kappa shape index (κ3) is 4.50. The zero-order valence-electron chi connectivity index (χ0n) is 14.3. The van der Waals surface area contributed by atoms with Crippen molar-refractivity contribution in [3.63, 3.8) is 0 Å². The Balaban J connectivity index is 1.76. The maximum Gasteiger partial charge on any atom is 0.387 e. The van der Waals surface area contributed by atoms with Crippen molar-refractivity contribution in [2.45, 2.75) is 50.8 Å². The summed E-state index contributed by atoms with van der Waals surface area (Å²) in [6.07, 6.45) is 8.26. The zero-order chi connectivity index (χ0) is 18.9. The summed E-state index contributed by atoms with van der Waals surface area (Å²) in [4.78, 5) is 1.95. The van der Waals surface area contributed by atoms with Crippen LogP contribution in [0, 0.1) is 5.82 Å². The van der Waals surface area contributed by atoms with E-state index in [1.54, 1.807) is 0 Å². The van der Waals surface area contributed by atoms with Crippen molar-refractivity contribution in [2.24, 2.45) is 0 Å². The molecule has 9 heteroatoms. The van der Waals surface area contributed by atoms with Gasteiger partial charge in [0.2, 0.25) is 10.0 Å². The van der Waals surface area contributed by atoms with E-state index in [1.165, 1.54) is 12.1 Å². The highest BCUT2D eigenvalue weighted by Gasteiger charge is 2.29. The molecule has 3 rings (SSSR count). The summed E-state index contributed by atoms with van der Waals surface area (Å²) in [5.74, 6) is -1.27. The molecule has 1 heterocycles. The minimum atomic E-state index is -3.24. The van der Waals surface area contributed by atoms with Crippen molar-refractivity contribution >= 4 is 15.7 Å². The molecule has 0 saturated heterocycles. The summed E-state index contributed by atoms with van der Waals surface area (Å²) in [7, 11) is -3.24. The molecule has 1 N–H and O–H groups in total. The summed E-state index contributed by atoms with van der Waals surface area (Å²) in [6.45, 7) is -3.09. The van der Waals surface area contributed by atoms with Crippen molar-refractivity contribution in [3.05, 3.63) is 35.8 Å². The molecule has 0 bridgehead atoms. The maximum absolute atomic E-state index is 13.9. The lowest BCUT2D eigenvalue weighted by Gasteiger charge is -2.38. The standard InChI is InChI=1S/C17H21F3N2O3S/c1-26(23,24)21-12-4-6-13(7-5-12)22-8-2-3-11-9-14(18)16(10-15(11)22)25-17(19)20/h2,8-10,12-13,17,21H,3-7H2,1H3/t12-,13-. The van der Waals surface area contributed by atoms with E-state index < -0.39 is 28.2 Å². The fourth-order valence-electron chi connectivity index (χ4n) is 3.64. The molecule has 0 spiro atoms. The number of rotatable bonds is 5. The number of benzene rings is 1. The highest BCUT2D eigenvalue weighted by Crippen LogP contribution is 2.37. The van der Waals surface area contributed by atoms with Gasteiger partial charge in [-0.1, -0.05) is 6.08 Å². The predicted octanol–water partition coefficient (Wildman–Crippen LogP) is 3.16. The van der Waals surface area contributed by atoms with Crippen molar-refractivity contribution in [3.8, 4) is 5.75 Å². The van der Waals surface area contributed by atoms with Crippen LogP contribution in [0.3, 0.4) is 0 Å². The topological polar surface area (TPSA) is 58.6 Å². The van der Waals surface area contributed by atoms with Crippen LogP contribution in [0.15, 0.2) is 24.4 Å². The van der Waals surface area contributed by atoms with Gasteiger partial charge in [0, 0.05) is 30.0 Å². The fourth-order valence-corrected chi connectivity index (χ4v) is 4.48. The lowest BCUT2D eigenvalue weighted by atomic mass is 9.89. The zero-order valence-corrected chi connectivity index (χ0v) is 15.1. The normalized spacial score (nSPS) is 23.2. The molecular weight excluding hydrogens is 369 g/mol. The van der Waals surface area contributed by atoms with Crippen LogP contribution in [0.25, 0.3) is 0 Å². The summed E-state index contributed by atoms with van der Waals surface area (Å²) >= 11 is 0. The van der Waals surface area contributed by atoms with Gasteiger partial charge in [-0.25, -0.2) is 17.5 Å². The molecule has 0 amide bonds. The molecule has 1 aliphatic heterocycles. The number of fused-ring (bicyclic) bond motifs is 1. The van der Waals surface area contributed by atoms with Crippen LogP contribution in [0.1, 0.15) is 31.2 Å². The highest BCUT2D eigenvalue weighted by molar-refractivity contribution is 7.88. The number of sulfonamides is 1. The van der Waals surface area contributed by atoms with E-state index in [1.807, 2.05) is 17.2 Å². The molecule has 5 nitrogen and oxygen atoms in total. The molecule has 1 aromatic rings. The van der Waals surface area contributed by atoms with Gasteiger partial charge in [0.05, 0.1) is 6.26 Å². The Morgan fingerprint density at radius 2 is 1.92 bits per heavy atom. The number of allylic oxidation sites excluding steroid dienone is 1. The molecule has 1 aliphatic carbocycles. The molecule has 144 valence electrons. The molecule has 1 fully saturated rings. The molecule has 0 atom stereocenters. The average molecular weight is 390 g/mol. The lowest BCUT2D eigenvalue weighted by Crippen LogP contribution is -2.42. The van der Waals surface area contributed by atoms with Gasteiger partial charge in [-0.2, -0.15) is 8.78 Å². The monoisotopic (exact) mass is 390 g/mol. The minimum absolute atomic E-state index is 0.0905. The van der Waals surface area contributed by atoms with Crippen LogP contribution in [0.5, 0.6) is 5.75 Å². The van der Waals surface area contributed by atoms with E-state index in [2.05, 4.69) is 9.46 Å². The number of hydrogen-bond acceptors (Lipinski definition) is 4. The number of nitrogens with zero attached hydrogens (tertiary/aromatic N) is 1. The van der Waals surface area contributed by atoms with Crippen LogP contribution in [-0.2, 0) is 16.4 Å². The van der Waals surface area contributed by atoms with E-state index in [0.717, 1.165) is 19.1 Å². The first kappa shape index (κ1) is 19.0. The van der Waals surface area contributed by atoms with Crippen LogP contribution in [0.2, 0.25) is 0 Å². The van der Waals surface area contributed by atoms with Gasteiger partial charge in [-0.15, -0.1) is 0 Å². The Kier molecular flexibility index (Phi) is 5.47. The summed E-state index contributed by atoms with van der Waals surface area (Å²) in [5.41, 5.74) is 1.37. The molecule has 0 radical (unpaired) electrons. The molecule has 2 aliphatic rings. The third-order valence-electron chi connectivity index (χ3n) is 4.70. The highest BCUT2D eigenvalue weighted by atomic mass is 32.2. The van der Waals surface area contributed by atoms with Crippen LogP contribution >= 0.6 is 0 Å². The van der Waals surface area contributed by atoms with Crippen molar-refractivity contribution in [1.29, 1.82) is 0 Å². The number of hydrogen-bond donors (Lipinski definition) is 1. The molecule has 1 saturated carbocycles. The van der Waals surface area contributed by atoms with Gasteiger partial charge in [0.1, 0.15) is 0 Å². The number of ether oxygens (including phenoxy) is 1. The predicted molar refractivity (Wildman–Crippen MR) is 92.4 cm³/mol. The first-order chi connectivity index (χ1) is 12.2. The SMILES string of the molecule is CS(=O)(=O)N[C@H]1CC[C@H](N2C=CCc3cc(F)c(OC(F)F)cc32)CC1. The molecule has 0 unspecified atom stereocenters. The van der Waals surface area contributed by atoms with Crippen molar-refractivity contribution < 1.29 is 26.3 Å². The first-order valence-corrected chi connectivity index (χ1v) is 10.3. The smallest absolute Gasteiger partial charge is 0.387 e. The Morgan fingerprint density at radius 3 is 2.54 bits per heavy atom. The summed E-state index contributed by atoms with van der Waals surface area (Å²) in [6, 6.07) is 2.55. The second-order valence-corrected chi connectivity index (χ2v) is 8.46. The van der Waals surface area contributed by atoms with Crippen LogP contribution in [0.4, 0.5) is 18.9 Å². The second-order valence-electron chi connectivity index (χ2n) is 6.68. The molecule has 0 aromatic heterocycles. The van der Waals surface area contributed by atoms with E-state index >= 15 is 0 Å². The third-order valence-corrected chi connectivity index (χ3v) is 5.46. The largest absolute Gasteiger partial charge is 0.432 e. The second kappa shape index (κ2) is 7.48. The molecular formula is C17H21F3N2O3S.